The van der Waals surface area contributed by atoms with Gasteiger partial charge >= 0.3 is 0 Å². The number of ether oxygens (including phenoxy) is 3. The minimum Gasteiger partial charge on any atom is -0.389 e. The third-order valence-electron chi connectivity index (χ3n) is 6.22. The van der Waals surface area contributed by atoms with Gasteiger partial charge in [0, 0.05) is 16.2 Å². The van der Waals surface area contributed by atoms with Crippen molar-refractivity contribution in [2.75, 3.05) is 6.61 Å². The zero-order valence-corrected chi connectivity index (χ0v) is 19.4. The number of benzene rings is 2. The molecule has 2 aromatic heterocycles. The predicted molar refractivity (Wildman–Crippen MR) is 126 cm³/mol. The van der Waals surface area contributed by atoms with E-state index in [1.807, 2.05) is 55.5 Å². The molecule has 0 aliphatic carbocycles. The number of hydrogen-bond acceptors (Lipinski definition) is 9. The van der Waals surface area contributed by atoms with Crippen LogP contribution in [0.2, 0.25) is 0 Å². The van der Waals surface area contributed by atoms with Gasteiger partial charge in [0.25, 0.3) is 0 Å². The summed E-state index contributed by atoms with van der Waals surface area (Å²) in [5.41, 5.74) is 11.8. The van der Waals surface area contributed by atoms with Crippen molar-refractivity contribution in [1.82, 2.24) is 19.7 Å². The number of aromatic nitrogens is 4. The summed E-state index contributed by atoms with van der Waals surface area (Å²) in [4.78, 5) is 7.47. The van der Waals surface area contributed by atoms with Crippen molar-refractivity contribution in [3.63, 3.8) is 0 Å². The predicted octanol–water partition coefficient (Wildman–Crippen LogP) is 3.78. The summed E-state index contributed by atoms with van der Waals surface area (Å²) < 4.78 is 21.1. The number of fused-ring (bicyclic) bond motifs is 2. The van der Waals surface area contributed by atoms with Crippen molar-refractivity contribution in [2.24, 2.45) is 5.11 Å². The van der Waals surface area contributed by atoms with Crippen molar-refractivity contribution in [3.05, 3.63) is 81.7 Å². The van der Waals surface area contributed by atoms with Crippen LogP contribution in [0.3, 0.4) is 0 Å². The molecule has 2 fully saturated rings. The summed E-state index contributed by atoms with van der Waals surface area (Å²) in [6.07, 6.45) is -2.47. The molecule has 35 heavy (non-hydrogen) atoms. The van der Waals surface area contributed by atoms with Gasteiger partial charge in [-0.1, -0.05) is 35.4 Å². The first-order valence-corrected chi connectivity index (χ1v) is 11.9. The second-order valence-corrected chi connectivity index (χ2v) is 9.64. The van der Waals surface area contributed by atoms with Crippen LogP contribution >= 0.6 is 11.3 Å². The monoisotopic (exact) mass is 491 g/mol. The molecule has 2 aliphatic rings. The lowest BCUT2D eigenvalue weighted by atomic mass is 9.91. The Hall–Kier alpha value is -3.38. The molecule has 0 bridgehead atoms. The van der Waals surface area contributed by atoms with Crippen LogP contribution in [-0.4, -0.2) is 55.8 Å². The van der Waals surface area contributed by atoms with Crippen LogP contribution in [-0.2, 0) is 14.2 Å². The third-order valence-corrected chi connectivity index (χ3v) is 7.15. The topological polar surface area (TPSA) is 140 Å². The SMILES string of the molecule is Cc1nc2ccc(-n3cnnc3[C@@H]3O[C@@H]4COC(c5ccccc5)O[C@@H]4[C@H](N=[N+]=[N-])[C@H]3O)cc2s1. The van der Waals surface area contributed by atoms with Gasteiger partial charge in [-0.05, 0) is 30.7 Å². The fraction of sp³-hybridized carbons (Fsp3) is 0.348. The summed E-state index contributed by atoms with van der Waals surface area (Å²) in [6, 6.07) is 14.4. The fourth-order valence-corrected chi connectivity index (χ4v) is 5.47. The zero-order chi connectivity index (χ0) is 23.9. The van der Waals surface area contributed by atoms with E-state index in [4.69, 9.17) is 14.2 Å². The maximum Gasteiger partial charge on any atom is 0.184 e. The lowest BCUT2D eigenvalue weighted by molar-refractivity contribution is -0.309. The molecule has 4 heterocycles. The number of aryl methyl sites for hydroxylation is 1. The highest BCUT2D eigenvalue weighted by Crippen LogP contribution is 2.40. The minimum absolute atomic E-state index is 0.200. The Kier molecular flexibility index (Phi) is 5.69. The molecule has 2 saturated heterocycles. The van der Waals surface area contributed by atoms with Gasteiger partial charge < -0.3 is 19.3 Å². The van der Waals surface area contributed by atoms with E-state index in [0.29, 0.717) is 5.82 Å². The van der Waals surface area contributed by atoms with Gasteiger partial charge in [-0.2, -0.15) is 0 Å². The molecule has 6 atom stereocenters. The molecule has 0 amide bonds. The first kappa shape index (κ1) is 22.1. The molecule has 4 aromatic rings. The summed E-state index contributed by atoms with van der Waals surface area (Å²) in [5, 5.41) is 24.4. The quantitative estimate of drug-likeness (QED) is 0.260. The number of rotatable bonds is 4. The molecule has 2 aliphatic heterocycles. The Morgan fingerprint density at radius 3 is 2.89 bits per heavy atom. The first-order chi connectivity index (χ1) is 17.1. The maximum absolute atomic E-state index is 11.3. The normalized spacial score (nSPS) is 28.4. The number of hydrogen-bond donors (Lipinski definition) is 1. The van der Waals surface area contributed by atoms with Crippen LogP contribution in [0.1, 0.15) is 28.8 Å². The van der Waals surface area contributed by atoms with Crippen molar-refractivity contribution >= 4 is 21.6 Å². The molecule has 178 valence electrons. The second kappa shape index (κ2) is 9.00. The van der Waals surface area contributed by atoms with E-state index in [-0.39, 0.29) is 6.61 Å². The van der Waals surface area contributed by atoms with Gasteiger partial charge in [0.05, 0.1) is 34.0 Å². The minimum atomic E-state index is -1.21. The van der Waals surface area contributed by atoms with E-state index in [0.717, 1.165) is 26.5 Å². The lowest BCUT2D eigenvalue weighted by Gasteiger charge is -2.46. The molecule has 0 saturated carbocycles. The van der Waals surface area contributed by atoms with Gasteiger partial charge in [-0.15, -0.1) is 21.5 Å². The van der Waals surface area contributed by atoms with Crippen molar-refractivity contribution in [1.29, 1.82) is 0 Å². The first-order valence-electron chi connectivity index (χ1n) is 11.1. The van der Waals surface area contributed by atoms with Crippen molar-refractivity contribution in [3.8, 4) is 5.69 Å². The van der Waals surface area contributed by atoms with E-state index in [9.17, 15) is 10.6 Å². The molecule has 0 radical (unpaired) electrons. The number of thiazole rings is 1. The molecule has 1 unspecified atom stereocenters. The van der Waals surface area contributed by atoms with Crippen LogP contribution in [0.4, 0.5) is 0 Å². The molecule has 11 nitrogen and oxygen atoms in total. The molecule has 1 N–H and O–H groups in total. The van der Waals surface area contributed by atoms with Crippen LogP contribution in [0.5, 0.6) is 0 Å². The summed E-state index contributed by atoms with van der Waals surface area (Å²) >= 11 is 1.59. The van der Waals surface area contributed by atoms with E-state index in [1.165, 1.54) is 0 Å². The van der Waals surface area contributed by atoms with Gasteiger partial charge in [0.15, 0.2) is 12.1 Å². The van der Waals surface area contributed by atoms with E-state index in [2.05, 4.69) is 25.2 Å². The Morgan fingerprint density at radius 1 is 1.20 bits per heavy atom. The third kappa shape index (κ3) is 3.96. The summed E-state index contributed by atoms with van der Waals surface area (Å²) in [7, 11) is 0. The Bertz CT molecular complexity index is 1400. The highest BCUT2D eigenvalue weighted by atomic mass is 32.1. The van der Waals surface area contributed by atoms with Crippen LogP contribution < -0.4 is 0 Å². The Morgan fingerprint density at radius 2 is 2.06 bits per heavy atom. The van der Waals surface area contributed by atoms with Crippen LogP contribution in [0.25, 0.3) is 26.3 Å². The van der Waals surface area contributed by atoms with Gasteiger partial charge in [-0.25, -0.2) is 4.98 Å². The average Bonchev–Trinajstić information content (AvgIpc) is 3.51. The highest BCUT2D eigenvalue weighted by Gasteiger charge is 2.50. The standard InChI is InChI=1S/C23H21N7O4S/c1-12-26-15-8-7-14(9-17(15)35-12)30-11-25-28-22(30)21-19(31)18(27-29-24)20-16(33-21)10-32-23(34-20)13-5-3-2-4-6-13/h2-9,11,16,18-21,23,31H,10H2,1H3/t16-,18-,19-,20+,21-,23?/m1/s1. The summed E-state index contributed by atoms with van der Waals surface area (Å²) in [6.45, 7) is 2.16. The second-order valence-electron chi connectivity index (χ2n) is 8.40. The molecule has 12 heteroatoms. The molecule has 0 spiro atoms. The zero-order valence-electron chi connectivity index (χ0n) is 18.6. The smallest absolute Gasteiger partial charge is 0.184 e. The van der Waals surface area contributed by atoms with Gasteiger partial charge in [-0.3, -0.25) is 4.57 Å². The number of aliphatic hydroxyl groups excluding tert-OH is 1. The van der Waals surface area contributed by atoms with Crippen LogP contribution in [0, 0.1) is 6.92 Å². The van der Waals surface area contributed by atoms with Crippen molar-refractivity contribution < 1.29 is 19.3 Å². The van der Waals surface area contributed by atoms with Gasteiger partial charge in [0.1, 0.15) is 24.6 Å². The molecule has 2 aromatic carbocycles. The lowest BCUT2D eigenvalue weighted by Crippen LogP contribution is -2.58. The van der Waals surface area contributed by atoms with E-state index in [1.54, 1.807) is 22.2 Å². The largest absolute Gasteiger partial charge is 0.389 e. The number of azide groups is 1. The molecular formula is C23H21N7O4S. The van der Waals surface area contributed by atoms with Crippen LogP contribution in [0.15, 0.2) is 60.0 Å². The average molecular weight is 492 g/mol. The van der Waals surface area contributed by atoms with E-state index >= 15 is 0 Å². The molecule has 6 rings (SSSR count). The maximum atomic E-state index is 11.3. The number of nitrogens with zero attached hydrogens (tertiary/aromatic N) is 7. The van der Waals surface area contributed by atoms with E-state index < -0.39 is 36.7 Å². The highest BCUT2D eigenvalue weighted by molar-refractivity contribution is 7.18. The Balaban J connectivity index is 1.32. The van der Waals surface area contributed by atoms with Crippen molar-refractivity contribution in [2.45, 2.75) is 43.7 Å². The fourth-order valence-electron chi connectivity index (χ4n) is 4.61. The Labute approximate surface area is 203 Å². The summed E-state index contributed by atoms with van der Waals surface area (Å²) in [5.74, 6) is 0.389. The van der Waals surface area contributed by atoms with Gasteiger partial charge in [0.2, 0.25) is 0 Å². The number of aliphatic hydroxyl groups is 1. The molecular weight excluding hydrogens is 470 g/mol.